The van der Waals surface area contributed by atoms with E-state index in [0.29, 0.717) is 30.5 Å². The third-order valence-corrected chi connectivity index (χ3v) is 6.21. The fourth-order valence-corrected chi connectivity index (χ4v) is 4.65. The van der Waals surface area contributed by atoms with Crippen LogP contribution in [0.25, 0.3) is 0 Å². The lowest BCUT2D eigenvalue weighted by atomic mass is 9.77. The maximum Gasteiger partial charge on any atom is 0.272 e. The van der Waals surface area contributed by atoms with E-state index in [9.17, 15) is 9.59 Å². The number of pyridine rings is 1. The smallest absolute Gasteiger partial charge is 0.272 e. The van der Waals surface area contributed by atoms with Gasteiger partial charge in [0.15, 0.2) is 0 Å². The number of rotatable bonds is 2. The van der Waals surface area contributed by atoms with Crippen LogP contribution in [-0.4, -0.2) is 38.8 Å². The zero-order valence-electron chi connectivity index (χ0n) is 15.2. The van der Waals surface area contributed by atoms with Gasteiger partial charge in [-0.1, -0.05) is 6.07 Å². The number of nitrogens with one attached hydrogen (secondary N) is 1. The fourth-order valence-electron chi connectivity index (χ4n) is 4.65. The van der Waals surface area contributed by atoms with Crippen LogP contribution in [0.4, 0.5) is 5.82 Å². The molecule has 3 aliphatic rings. The number of hydrogen-bond donors (Lipinski definition) is 2. The lowest BCUT2D eigenvalue weighted by Crippen LogP contribution is -2.48. The SMILES string of the molecule is Nc1cccc(C(=O)N2CCCC3(CCc4c3nc(C3CC3)[nH]c4=O)C2)n1. The summed E-state index contributed by atoms with van der Waals surface area (Å²) < 4.78 is 0. The highest BCUT2D eigenvalue weighted by Crippen LogP contribution is 2.45. The average Bonchev–Trinajstić information content (AvgIpc) is 3.46. The number of aromatic nitrogens is 3. The van der Waals surface area contributed by atoms with Crippen molar-refractivity contribution in [1.29, 1.82) is 0 Å². The highest BCUT2D eigenvalue weighted by molar-refractivity contribution is 5.92. The molecule has 1 unspecified atom stereocenters. The maximum atomic E-state index is 13.0. The van der Waals surface area contributed by atoms with Gasteiger partial charge in [0.05, 0.1) is 5.69 Å². The number of likely N-dealkylation sites (tertiary alicyclic amines) is 1. The zero-order chi connectivity index (χ0) is 18.6. The molecule has 1 aliphatic heterocycles. The number of amides is 1. The number of fused-ring (bicyclic) bond motifs is 2. The van der Waals surface area contributed by atoms with E-state index in [4.69, 9.17) is 10.7 Å². The summed E-state index contributed by atoms with van der Waals surface area (Å²) in [6, 6.07) is 5.14. The number of nitrogens with two attached hydrogens (primary N) is 1. The van der Waals surface area contributed by atoms with E-state index in [-0.39, 0.29) is 16.9 Å². The largest absolute Gasteiger partial charge is 0.384 e. The van der Waals surface area contributed by atoms with Crippen LogP contribution < -0.4 is 11.3 Å². The monoisotopic (exact) mass is 365 g/mol. The Morgan fingerprint density at radius 2 is 2.11 bits per heavy atom. The summed E-state index contributed by atoms with van der Waals surface area (Å²) in [5.74, 6) is 1.49. The molecular formula is C20H23N5O2. The lowest BCUT2D eigenvalue weighted by Gasteiger charge is -2.40. The number of carbonyl (C=O) groups is 1. The Hall–Kier alpha value is -2.70. The van der Waals surface area contributed by atoms with Gasteiger partial charge in [-0.15, -0.1) is 0 Å². The maximum absolute atomic E-state index is 13.0. The van der Waals surface area contributed by atoms with Crippen LogP contribution in [0.1, 0.15) is 65.6 Å². The number of carbonyl (C=O) groups excluding carboxylic acids is 1. The Labute approximate surface area is 157 Å². The number of aromatic amines is 1. The second-order valence-electron chi connectivity index (χ2n) is 8.11. The van der Waals surface area contributed by atoms with Crippen molar-refractivity contribution < 1.29 is 4.79 Å². The molecule has 3 N–H and O–H groups in total. The van der Waals surface area contributed by atoms with Crippen LogP contribution in [0, 0.1) is 0 Å². The molecule has 0 radical (unpaired) electrons. The summed E-state index contributed by atoms with van der Waals surface area (Å²) in [5, 5.41) is 0. The second-order valence-corrected chi connectivity index (χ2v) is 8.11. The van der Waals surface area contributed by atoms with Crippen molar-refractivity contribution in [1.82, 2.24) is 19.9 Å². The van der Waals surface area contributed by atoms with E-state index >= 15 is 0 Å². The van der Waals surface area contributed by atoms with Crippen LogP contribution in [0.2, 0.25) is 0 Å². The highest BCUT2D eigenvalue weighted by Gasteiger charge is 2.46. The van der Waals surface area contributed by atoms with Crippen molar-refractivity contribution >= 4 is 11.7 Å². The summed E-state index contributed by atoms with van der Waals surface area (Å²) >= 11 is 0. The molecule has 1 spiro atoms. The van der Waals surface area contributed by atoms with Gasteiger partial charge in [0.1, 0.15) is 17.3 Å². The highest BCUT2D eigenvalue weighted by atomic mass is 16.2. The predicted octanol–water partition coefficient (Wildman–Crippen LogP) is 1.74. The molecule has 1 saturated heterocycles. The van der Waals surface area contributed by atoms with Crippen molar-refractivity contribution in [2.75, 3.05) is 18.8 Å². The summed E-state index contributed by atoms with van der Waals surface area (Å²) in [6.07, 6.45) is 5.68. The van der Waals surface area contributed by atoms with Gasteiger partial charge in [0.25, 0.3) is 11.5 Å². The number of nitrogen functional groups attached to an aromatic ring is 1. The Morgan fingerprint density at radius 1 is 1.26 bits per heavy atom. The van der Waals surface area contributed by atoms with Crippen molar-refractivity contribution in [3.63, 3.8) is 0 Å². The first kappa shape index (κ1) is 16.5. The van der Waals surface area contributed by atoms with E-state index in [1.165, 1.54) is 0 Å². The van der Waals surface area contributed by atoms with Gasteiger partial charge < -0.3 is 15.6 Å². The molecular weight excluding hydrogens is 342 g/mol. The molecule has 5 rings (SSSR count). The number of H-pyrrole nitrogens is 1. The molecule has 7 heteroatoms. The predicted molar refractivity (Wildman–Crippen MR) is 101 cm³/mol. The van der Waals surface area contributed by atoms with Crippen LogP contribution >= 0.6 is 0 Å². The molecule has 1 atom stereocenters. The summed E-state index contributed by atoms with van der Waals surface area (Å²) in [4.78, 5) is 39.5. The van der Waals surface area contributed by atoms with Crippen molar-refractivity contribution in [2.45, 2.75) is 49.9 Å². The standard InChI is InChI=1S/C20H23N5O2/c21-15-4-1-3-14(22-15)19(27)25-10-2-8-20(11-25)9-7-13-16(20)23-17(12-5-6-12)24-18(13)26/h1,3-4,12H,2,5-11H2,(H2,21,22)(H,23,24,26). The molecule has 3 heterocycles. The molecule has 2 fully saturated rings. The first-order chi connectivity index (χ1) is 13.1. The lowest BCUT2D eigenvalue weighted by molar-refractivity contribution is 0.0627. The quantitative estimate of drug-likeness (QED) is 0.843. The van der Waals surface area contributed by atoms with Gasteiger partial charge in [-0.3, -0.25) is 9.59 Å². The molecule has 140 valence electrons. The Balaban J connectivity index is 1.48. The van der Waals surface area contributed by atoms with E-state index in [2.05, 4.69) is 9.97 Å². The average molecular weight is 365 g/mol. The van der Waals surface area contributed by atoms with Gasteiger partial charge in [-0.25, -0.2) is 9.97 Å². The van der Waals surface area contributed by atoms with Gasteiger partial charge in [-0.05, 0) is 50.7 Å². The minimum absolute atomic E-state index is 0.0136. The van der Waals surface area contributed by atoms with E-state index in [0.717, 1.165) is 55.6 Å². The third-order valence-electron chi connectivity index (χ3n) is 6.21. The normalized spacial score (nSPS) is 24.2. The van der Waals surface area contributed by atoms with Gasteiger partial charge in [0, 0.05) is 30.0 Å². The van der Waals surface area contributed by atoms with E-state index in [1.807, 2.05) is 4.90 Å². The minimum atomic E-state index is -0.207. The number of piperidine rings is 1. The van der Waals surface area contributed by atoms with Crippen LogP contribution in [-0.2, 0) is 11.8 Å². The molecule has 2 aromatic heterocycles. The number of anilines is 1. The zero-order valence-corrected chi connectivity index (χ0v) is 15.2. The van der Waals surface area contributed by atoms with Crippen LogP contribution in [0.15, 0.2) is 23.0 Å². The van der Waals surface area contributed by atoms with Gasteiger partial charge in [-0.2, -0.15) is 0 Å². The molecule has 1 amide bonds. The topological polar surface area (TPSA) is 105 Å². The molecule has 0 bridgehead atoms. The molecule has 1 saturated carbocycles. The molecule has 2 aromatic rings. The minimum Gasteiger partial charge on any atom is -0.384 e. The van der Waals surface area contributed by atoms with Gasteiger partial charge >= 0.3 is 0 Å². The first-order valence-electron chi connectivity index (χ1n) is 9.71. The second kappa shape index (κ2) is 5.90. The summed E-state index contributed by atoms with van der Waals surface area (Å²) in [5.41, 5.74) is 7.68. The van der Waals surface area contributed by atoms with Gasteiger partial charge in [0.2, 0.25) is 0 Å². The Morgan fingerprint density at radius 3 is 2.89 bits per heavy atom. The van der Waals surface area contributed by atoms with E-state index in [1.54, 1.807) is 18.2 Å². The summed E-state index contributed by atoms with van der Waals surface area (Å²) in [6.45, 7) is 1.29. The number of nitrogens with zero attached hydrogens (tertiary/aromatic N) is 3. The van der Waals surface area contributed by atoms with Crippen LogP contribution in [0.3, 0.4) is 0 Å². The van der Waals surface area contributed by atoms with E-state index < -0.39 is 0 Å². The van der Waals surface area contributed by atoms with Crippen molar-refractivity contribution in [3.8, 4) is 0 Å². The Bertz CT molecular complexity index is 981. The third kappa shape index (κ3) is 2.72. The number of hydrogen-bond acceptors (Lipinski definition) is 5. The van der Waals surface area contributed by atoms with Crippen LogP contribution in [0.5, 0.6) is 0 Å². The molecule has 7 nitrogen and oxygen atoms in total. The summed E-state index contributed by atoms with van der Waals surface area (Å²) in [7, 11) is 0. The first-order valence-corrected chi connectivity index (χ1v) is 9.71. The molecule has 2 aliphatic carbocycles. The van der Waals surface area contributed by atoms with Crippen molar-refractivity contribution in [3.05, 3.63) is 51.3 Å². The molecule has 0 aromatic carbocycles. The fraction of sp³-hybridized carbons (Fsp3) is 0.500. The van der Waals surface area contributed by atoms with Crippen molar-refractivity contribution in [2.24, 2.45) is 0 Å². The Kier molecular flexibility index (Phi) is 3.60. The molecule has 27 heavy (non-hydrogen) atoms.